The topological polar surface area (TPSA) is 38.5 Å². The standard InChI is InChI=1S/C14H20N2O/c1-17-12-4-2-3-10(9-12)14-13(15)7-8-16(14)11-5-6-11/h2-4,9,11,13-14H,5-8,15H2,1H3/t13-,14+/m0/s1. The molecule has 2 fully saturated rings. The average Bonchev–Trinajstić information content (AvgIpc) is 3.13. The highest BCUT2D eigenvalue weighted by Crippen LogP contribution is 2.40. The molecule has 1 aromatic rings. The maximum absolute atomic E-state index is 6.28. The Morgan fingerprint density at radius 1 is 1.29 bits per heavy atom. The molecule has 1 aliphatic heterocycles. The highest BCUT2D eigenvalue weighted by atomic mass is 16.5. The van der Waals surface area contributed by atoms with Crippen molar-refractivity contribution in [1.29, 1.82) is 0 Å². The zero-order valence-corrected chi connectivity index (χ0v) is 10.3. The third-order valence-electron chi connectivity index (χ3n) is 3.93. The third-order valence-corrected chi connectivity index (χ3v) is 3.93. The first-order chi connectivity index (χ1) is 8.29. The van der Waals surface area contributed by atoms with E-state index in [1.807, 2.05) is 6.07 Å². The van der Waals surface area contributed by atoms with Gasteiger partial charge in [-0.15, -0.1) is 0 Å². The van der Waals surface area contributed by atoms with Crippen LogP contribution in [0.4, 0.5) is 0 Å². The molecular formula is C14H20N2O. The predicted molar refractivity (Wildman–Crippen MR) is 68.1 cm³/mol. The fraction of sp³-hybridized carbons (Fsp3) is 0.571. The molecule has 1 aromatic carbocycles. The number of ether oxygens (including phenoxy) is 1. The molecule has 1 aliphatic carbocycles. The van der Waals surface area contributed by atoms with Crippen LogP contribution in [0.5, 0.6) is 5.75 Å². The number of methoxy groups -OCH3 is 1. The quantitative estimate of drug-likeness (QED) is 0.865. The van der Waals surface area contributed by atoms with Gasteiger partial charge in [-0.1, -0.05) is 12.1 Å². The van der Waals surface area contributed by atoms with Crippen LogP contribution < -0.4 is 10.5 Å². The normalized spacial score (nSPS) is 29.5. The van der Waals surface area contributed by atoms with Crippen molar-refractivity contribution in [2.45, 2.75) is 37.4 Å². The van der Waals surface area contributed by atoms with Crippen LogP contribution in [0, 0.1) is 0 Å². The lowest BCUT2D eigenvalue weighted by atomic mass is 10.0. The third kappa shape index (κ3) is 2.05. The first-order valence-electron chi connectivity index (χ1n) is 6.45. The van der Waals surface area contributed by atoms with Crippen molar-refractivity contribution >= 4 is 0 Å². The Morgan fingerprint density at radius 2 is 2.12 bits per heavy atom. The SMILES string of the molecule is COc1cccc([C@@H]2[C@@H](N)CCN2C2CC2)c1. The van der Waals surface area contributed by atoms with E-state index in [4.69, 9.17) is 10.5 Å². The summed E-state index contributed by atoms with van der Waals surface area (Å²) in [7, 11) is 1.71. The van der Waals surface area contributed by atoms with Crippen molar-refractivity contribution in [3.8, 4) is 5.75 Å². The molecule has 17 heavy (non-hydrogen) atoms. The second kappa shape index (κ2) is 4.31. The lowest BCUT2D eigenvalue weighted by Crippen LogP contribution is -2.33. The number of hydrogen-bond donors (Lipinski definition) is 1. The summed E-state index contributed by atoms with van der Waals surface area (Å²) >= 11 is 0. The molecule has 92 valence electrons. The first kappa shape index (κ1) is 11.1. The predicted octanol–water partition coefficient (Wildman–Crippen LogP) is 1.93. The number of hydrogen-bond acceptors (Lipinski definition) is 3. The molecule has 0 unspecified atom stereocenters. The molecule has 0 amide bonds. The van der Waals surface area contributed by atoms with Gasteiger partial charge >= 0.3 is 0 Å². The van der Waals surface area contributed by atoms with Gasteiger partial charge in [0.15, 0.2) is 0 Å². The van der Waals surface area contributed by atoms with Gasteiger partial charge in [0.25, 0.3) is 0 Å². The van der Waals surface area contributed by atoms with Crippen LogP contribution in [0.25, 0.3) is 0 Å². The number of nitrogens with two attached hydrogens (primary N) is 1. The summed E-state index contributed by atoms with van der Waals surface area (Å²) in [6.45, 7) is 1.15. The molecular weight excluding hydrogens is 212 g/mol. The molecule has 2 atom stereocenters. The van der Waals surface area contributed by atoms with E-state index in [1.165, 1.54) is 18.4 Å². The lowest BCUT2D eigenvalue weighted by Gasteiger charge is -2.27. The number of likely N-dealkylation sites (tertiary alicyclic amines) is 1. The van der Waals surface area contributed by atoms with Gasteiger partial charge in [-0.2, -0.15) is 0 Å². The summed E-state index contributed by atoms with van der Waals surface area (Å²) in [5, 5.41) is 0. The molecule has 2 aliphatic rings. The smallest absolute Gasteiger partial charge is 0.119 e. The minimum Gasteiger partial charge on any atom is -0.497 e. The van der Waals surface area contributed by atoms with Gasteiger partial charge in [0.1, 0.15) is 5.75 Å². The Morgan fingerprint density at radius 3 is 2.82 bits per heavy atom. The van der Waals surface area contributed by atoms with E-state index < -0.39 is 0 Å². The molecule has 1 saturated carbocycles. The van der Waals surface area contributed by atoms with Gasteiger partial charge in [0.2, 0.25) is 0 Å². The van der Waals surface area contributed by atoms with Crippen molar-refractivity contribution in [3.05, 3.63) is 29.8 Å². The van der Waals surface area contributed by atoms with Crippen LogP contribution >= 0.6 is 0 Å². The van der Waals surface area contributed by atoms with Gasteiger partial charge in [0, 0.05) is 18.6 Å². The Bertz CT molecular complexity index is 403. The van der Waals surface area contributed by atoms with Crippen LogP contribution in [-0.4, -0.2) is 30.6 Å². The Hall–Kier alpha value is -1.06. The summed E-state index contributed by atoms with van der Waals surface area (Å²) in [6, 6.07) is 9.79. The van der Waals surface area contributed by atoms with E-state index in [0.717, 1.165) is 24.8 Å². The van der Waals surface area contributed by atoms with Crippen molar-refractivity contribution in [2.24, 2.45) is 5.73 Å². The van der Waals surface area contributed by atoms with E-state index in [9.17, 15) is 0 Å². The molecule has 0 bridgehead atoms. The monoisotopic (exact) mass is 232 g/mol. The Kier molecular flexibility index (Phi) is 2.81. The van der Waals surface area contributed by atoms with Crippen LogP contribution in [0.2, 0.25) is 0 Å². The number of benzene rings is 1. The molecule has 1 saturated heterocycles. The molecule has 0 radical (unpaired) electrons. The first-order valence-corrected chi connectivity index (χ1v) is 6.45. The molecule has 2 N–H and O–H groups in total. The fourth-order valence-corrected chi connectivity index (χ4v) is 2.92. The summed E-state index contributed by atoms with van der Waals surface area (Å²) in [4.78, 5) is 2.58. The molecule has 3 rings (SSSR count). The van der Waals surface area contributed by atoms with Crippen molar-refractivity contribution < 1.29 is 4.74 Å². The highest BCUT2D eigenvalue weighted by molar-refractivity contribution is 5.32. The zero-order valence-electron chi connectivity index (χ0n) is 10.3. The van der Waals surface area contributed by atoms with Crippen LogP contribution in [0.3, 0.4) is 0 Å². The van der Waals surface area contributed by atoms with E-state index in [-0.39, 0.29) is 6.04 Å². The maximum atomic E-state index is 6.28. The van der Waals surface area contributed by atoms with Crippen LogP contribution in [0.1, 0.15) is 30.9 Å². The Labute approximate surface area is 103 Å². The molecule has 3 nitrogen and oxygen atoms in total. The highest BCUT2D eigenvalue weighted by Gasteiger charge is 2.41. The summed E-state index contributed by atoms with van der Waals surface area (Å²) in [5.41, 5.74) is 7.58. The van der Waals surface area contributed by atoms with Crippen molar-refractivity contribution in [2.75, 3.05) is 13.7 Å². The van der Waals surface area contributed by atoms with E-state index in [2.05, 4.69) is 23.1 Å². The van der Waals surface area contributed by atoms with Gasteiger partial charge in [-0.3, -0.25) is 4.90 Å². The lowest BCUT2D eigenvalue weighted by molar-refractivity contribution is 0.237. The average molecular weight is 232 g/mol. The number of rotatable bonds is 3. The van der Waals surface area contributed by atoms with E-state index >= 15 is 0 Å². The Balaban J connectivity index is 1.88. The van der Waals surface area contributed by atoms with Crippen molar-refractivity contribution in [1.82, 2.24) is 4.90 Å². The van der Waals surface area contributed by atoms with E-state index in [1.54, 1.807) is 7.11 Å². The zero-order chi connectivity index (χ0) is 11.8. The largest absolute Gasteiger partial charge is 0.497 e. The van der Waals surface area contributed by atoms with Gasteiger partial charge < -0.3 is 10.5 Å². The molecule has 3 heteroatoms. The number of nitrogens with zero attached hydrogens (tertiary/aromatic N) is 1. The molecule has 0 spiro atoms. The van der Waals surface area contributed by atoms with Crippen LogP contribution in [0.15, 0.2) is 24.3 Å². The fourth-order valence-electron chi connectivity index (χ4n) is 2.92. The summed E-state index contributed by atoms with van der Waals surface area (Å²) < 4.78 is 5.30. The summed E-state index contributed by atoms with van der Waals surface area (Å²) in [5.74, 6) is 0.928. The van der Waals surface area contributed by atoms with E-state index in [0.29, 0.717) is 6.04 Å². The second-order valence-corrected chi connectivity index (χ2v) is 5.14. The minimum absolute atomic E-state index is 0.266. The maximum Gasteiger partial charge on any atom is 0.119 e. The van der Waals surface area contributed by atoms with Crippen LogP contribution in [-0.2, 0) is 0 Å². The van der Waals surface area contributed by atoms with Gasteiger partial charge in [-0.25, -0.2) is 0 Å². The molecule has 1 heterocycles. The second-order valence-electron chi connectivity index (χ2n) is 5.14. The van der Waals surface area contributed by atoms with Gasteiger partial charge in [0.05, 0.1) is 13.2 Å². The van der Waals surface area contributed by atoms with Gasteiger partial charge in [-0.05, 0) is 37.0 Å². The van der Waals surface area contributed by atoms with Crippen molar-refractivity contribution in [3.63, 3.8) is 0 Å². The molecule has 0 aromatic heterocycles. The summed E-state index contributed by atoms with van der Waals surface area (Å²) in [6.07, 6.45) is 3.79. The minimum atomic E-state index is 0.266.